The van der Waals surface area contributed by atoms with Crippen LogP contribution in [0.15, 0.2) is 49.1 Å². The van der Waals surface area contributed by atoms with E-state index in [0.717, 1.165) is 12.0 Å². The van der Waals surface area contributed by atoms with Gasteiger partial charge in [0.2, 0.25) is 0 Å². The molecular formula is C12H20. The van der Waals surface area contributed by atoms with E-state index in [0.29, 0.717) is 0 Å². The van der Waals surface area contributed by atoms with Crippen molar-refractivity contribution in [2.24, 2.45) is 0 Å². The summed E-state index contributed by atoms with van der Waals surface area (Å²) in [6.07, 6.45) is 7.42. The molecule has 0 amide bonds. The minimum atomic E-state index is 1.09. The van der Waals surface area contributed by atoms with Crippen molar-refractivity contribution in [2.45, 2.75) is 27.2 Å². The van der Waals surface area contributed by atoms with Gasteiger partial charge in [-0.05, 0) is 25.8 Å². The molecule has 0 spiro atoms. The minimum absolute atomic E-state index is 1.09. The molecule has 0 nitrogen and oxygen atoms in total. The summed E-state index contributed by atoms with van der Waals surface area (Å²) in [5.74, 6) is 0. The van der Waals surface area contributed by atoms with Crippen molar-refractivity contribution >= 4 is 0 Å². The molecule has 0 unspecified atom stereocenters. The van der Waals surface area contributed by atoms with E-state index in [1.165, 1.54) is 5.57 Å². The van der Waals surface area contributed by atoms with Gasteiger partial charge in [-0.15, -0.1) is 13.2 Å². The Hall–Kier alpha value is -1.04. The first-order chi connectivity index (χ1) is 5.72. The van der Waals surface area contributed by atoms with E-state index in [4.69, 9.17) is 0 Å². The lowest BCUT2D eigenvalue weighted by atomic mass is 10.1. The number of allylic oxidation sites excluding steroid dienone is 5. The molecule has 0 aliphatic rings. The molecular weight excluding hydrogens is 144 g/mol. The molecule has 0 aromatic rings. The molecule has 0 saturated heterocycles. The lowest BCUT2D eigenvalue weighted by Gasteiger charge is -1.96. The molecule has 0 heterocycles. The molecule has 0 aromatic heterocycles. The summed E-state index contributed by atoms with van der Waals surface area (Å²) in [6.45, 7) is 16.0. The molecule has 12 heavy (non-hydrogen) atoms. The standard InChI is InChI=1S/C10H16.C2H4/c1-5-7-8-10(6-2)9(3)4;1-2/h6-8H,3,5H2,1-2,4H3;1-2H2/b8-7+,10-6-;. The van der Waals surface area contributed by atoms with Gasteiger partial charge in [0.25, 0.3) is 0 Å². The van der Waals surface area contributed by atoms with Gasteiger partial charge in [-0.1, -0.05) is 37.3 Å². The lowest BCUT2D eigenvalue weighted by Crippen LogP contribution is -1.76. The summed E-state index contributed by atoms with van der Waals surface area (Å²) in [6, 6.07) is 0. The lowest BCUT2D eigenvalue weighted by molar-refractivity contribution is 1.22. The van der Waals surface area contributed by atoms with E-state index in [2.05, 4.69) is 44.9 Å². The molecule has 0 radical (unpaired) electrons. The van der Waals surface area contributed by atoms with E-state index in [-0.39, 0.29) is 0 Å². The Morgan fingerprint density at radius 2 is 1.83 bits per heavy atom. The second-order valence-corrected chi connectivity index (χ2v) is 2.33. The van der Waals surface area contributed by atoms with Crippen molar-refractivity contribution in [3.05, 3.63) is 49.1 Å². The van der Waals surface area contributed by atoms with Gasteiger partial charge in [0.1, 0.15) is 0 Å². The third kappa shape index (κ3) is 7.07. The average Bonchev–Trinajstić information content (AvgIpc) is 2.09. The van der Waals surface area contributed by atoms with Crippen molar-refractivity contribution in [3.63, 3.8) is 0 Å². The highest BCUT2D eigenvalue weighted by atomic mass is 13.9. The highest BCUT2D eigenvalue weighted by molar-refractivity contribution is 5.35. The van der Waals surface area contributed by atoms with Gasteiger partial charge < -0.3 is 0 Å². The second kappa shape index (κ2) is 9.96. The first-order valence-corrected chi connectivity index (χ1v) is 4.21. The van der Waals surface area contributed by atoms with Crippen LogP contribution >= 0.6 is 0 Å². The summed E-state index contributed by atoms with van der Waals surface area (Å²) in [5.41, 5.74) is 2.37. The average molecular weight is 164 g/mol. The molecule has 0 aliphatic heterocycles. The molecule has 0 bridgehead atoms. The van der Waals surface area contributed by atoms with Gasteiger partial charge in [0.05, 0.1) is 0 Å². The zero-order valence-electron chi connectivity index (χ0n) is 8.56. The topological polar surface area (TPSA) is 0 Å². The molecule has 0 saturated carbocycles. The normalized spacial score (nSPS) is 10.8. The van der Waals surface area contributed by atoms with Crippen molar-refractivity contribution in [1.82, 2.24) is 0 Å². The highest BCUT2D eigenvalue weighted by Crippen LogP contribution is 2.07. The van der Waals surface area contributed by atoms with Crippen LogP contribution in [0.25, 0.3) is 0 Å². The van der Waals surface area contributed by atoms with Crippen LogP contribution in [-0.2, 0) is 0 Å². The first-order valence-electron chi connectivity index (χ1n) is 4.21. The van der Waals surface area contributed by atoms with E-state index < -0.39 is 0 Å². The molecule has 0 fully saturated rings. The molecule has 0 atom stereocenters. The van der Waals surface area contributed by atoms with Crippen LogP contribution in [0.5, 0.6) is 0 Å². The number of rotatable bonds is 3. The highest BCUT2D eigenvalue weighted by Gasteiger charge is 1.87. The van der Waals surface area contributed by atoms with E-state index in [1.807, 2.05) is 13.8 Å². The van der Waals surface area contributed by atoms with Crippen LogP contribution in [-0.4, -0.2) is 0 Å². The van der Waals surface area contributed by atoms with Crippen LogP contribution < -0.4 is 0 Å². The molecule has 68 valence electrons. The van der Waals surface area contributed by atoms with Gasteiger partial charge in [0.15, 0.2) is 0 Å². The maximum atomic E-state index is 3.86. The minimum Gasteiger partial charge on any atom is -0.106 e. The summed E-state index contributed by atoms with van der Waals surface area (Å²) < 4.78 is 0. The number of hydrogen-bond acceptors (Lipinski definition) is 0. The van der Waals surface area contributed by atoms with Crippen molar-refractivity contribution in [2.75, 3.05) is 0 Å². The van der Waals surface area contributed by atoms with Gasteiger partial charge in [-0.25, -0.2) is 0 Å². The molecule has 0 aliphatic carbocycles. The fraction of sp³-hybridized carbons (Fsp3) is 0.333. The maximum absolute atomic E-state index is 3.86. The van der Waals surface area contributed by atoms with E-state index in [1.54, 1.807) is 0 Å². The Kier molecular flexibility index (Phi) is 11.2. The summed E-state index contributed by atoms with van der Waals surface area (Å²) in [4.78, 5) is 0. The van der Waals surface area contributed by atoms with Gasteiger partial charge in [0, 0.05) is 0 Å². The Bertz CT molecular complexity index is 170. The quantitative estimate of drug-likeness (QED) is 0.431. The number of hydrogen-bond donors (Lipinski definition) is 0. The van der Waals surface area contributed by atoms with Crippen LogP contribution in [0, 0.1) is 0 Å². The third-order valence-electron chi connectivity index (χ3n) is 1.34. The second-order valence-electron chi connectivity index (χ2n) is 2.33. The predicted octanol–water partition coefficient (Wildman–Crippen LogP) is 4.28. The van der Waals surface area contributed by atoms with Crippen LogP contribution in [0.1, 0.15) is 27.2 Å². The SMILES string of the molecule is C=C.C=C(C)C(=C\C)/C=C/CC. The zero-order chi connectivity index (χ0) is 9.98. The molecule has 0 rings (SSSR count). The molecule has 0 aromatic carbocycles. The van der Waals surface area contributed by atoms with Crippen LogP contribution in [0.4, 0.5) is 0 Å². The van der Waals surface area contributed by atoms with E-state index in [9.17, 15) is 0 Å². The van der Waals surface area contributed by atoms with Crippen LogP contribution in [0.2, 0.25) is 0 Å². The Morgan fingerprint density at radius 1 is 1.33 bits per heavy atom. The first kappa shape index (κ1) is 13.5. The smallest absolute Gasteiger partial charge is 0.0279 e. The van der Waals surface area contributed by atoms with Crippen molar-refractivity contribution < 1.29 is 0 Å². The fourth-order valence-corrected chi connectivity index (χ4v) is 0.730. The van der Waals surface area contributed by atoms with Crippen molar-refractivity contribution in [3.8, 4) is 0 Å². The predicted molar refractivity (Wildman–Crippen MR) is 59.3 cm³/mol. The summed E-state index contributed by atoms with van der Waals surface area (Å²) in [7, 11) is 0. The molecule has 0 heteroatoms. The molecule has 0 N–H and O–H groups in total. The third-order valence-corrected chi connectivity index (χ3v) is 1.34. The fourth-order valence-electron chi connectivity index (χ4n) is 0.730. The monoisotopic (exact) mass is 164 g/mol. The maximum Gasteiger partial charge on any atom is -0.0279 e. The zero-order valence-corrected chi connectivity index (χ0v) is 8.56. The van der Waals surface area contributed by atoms with E-state index >= 15 is 0 Å². The van der Waals surface area contributed by atoms with Crippen molar-refractivity contribution in [1.29, 1.82) is 0 Å². The Morgan fingerprint density at radius 3 is 2.08 bits per heavy atom. The van der Waals surface area contributed by atoms with Crippen LogP contribution in [0.3, 0.4) is 0 Å². The Labute approximate surface area is 77.0 Å². The van der Waals surface area contributed by atoms with Gasteiger partial charge in [-0.2, -0.15) is 0 Å². The largest absolute Gasteiger partial charge is 0.106 e. The van der Waals surface area contributed by atoms with Gasteiger partial charge in [-0.3, -0.25) is 0 Å². The Balaban J connectivity index is 0. The summed E-state index contributed by atoms with van der Waals surface area (Å²) in [5, 5.41) is 0. The summed E-state index contributed by atoms with van der Waals surface area (Å²) >= 11 is 0. The van der Waals surface area contributed by atoms with Gasteiger partial charge >= 0.3 is 0 Å².